The fourth-order valence-electron chi connectivity index (χ4n) is 3.57. The lowest BCUT2D eigenvalue weighted by Crippen LogP contribution is -2.63. The molecule has 1 aromatic rings. The van der Waals surface area contributed by atoms with Crippen LogP contribution in [0.3, 0.4) is 0 Å². The maximum absolute atomic E-state index is 13.2. The maximum Gasteiger partial charge on any atom is 0.335 e. The number of hydrogen-bond acceptors (Lipinski definition) is 9. The molecule has 172 valence electrons. The highest BCUT2D eigenvalue weighted by atomic mass is 16.8. The minimum atomic E-state index is -1.94. The third-order valence-corrected chi connectivity index (χ3v) is 5.44. The number of aliphatic hydroxyl groups is 3. The van der Waals surface area contributed by atoms with E-state index in [1.807, 2.05) is 6.92 Å². The van der Waals surface area contributed by atoms with Gasteiger partial charge in [0.1, 0.15) is 25.4 Å². The van der Waals surface area contributed by atoms with Crippen LogP contribution in [0.25, 0.3) is 0 Å². The Morgan fingerprint density at radius 2 is 1.69 bits per heavy atom. The quantitative estimate of drug-likeness (QED) is 0.279. The zero-order chi connectivity index (χ0) is 23.8. The van der Waals surface area contributed by atoms with E-state index < -0.39 is 59.5 Å². The SMILES string of the molecule is Cc1ccc(C(=O)C2=CC=C(CC(=O)[O-])[N+]2(C)OC2O[C@H](C(=O)O)[C@@H](O)[C@H](O)[C@H]2O)cc1. The molecule has 0 spiro atoms. The van der Waals surface area contributed by atoms with Crippen molar-refractivity contribution in [3.8, 4) is 0 Å². The van der Waals surface area contributed by atoms with Gasteiger partial charge in [-0.25, -0.2) is 4.79 Å². The third-order valence-electron chi connectivity index (χ3n) is 5.44. The van der Waals surface area contributed by atoms with Crippen molar-refractivity contribution in [1.82, 2.24) is 0 Å². The lowest BCUT2D eigenvalue weighted by molar-refractivity contribution is -1.04. The smallest absolute Gasteiger partial charge is 0.335 e. The van der Waals surface area contributed by atoms with Crippen LogP contribution >= 0.6 is 0 Å². The molecule has 0 aliphatic carbocycles. The predicted octanol–water partition coefficient (Wildman–Crippen LogP) is -1.63. The molecule has 6 atom stereocenters. The largest absolute Gasteiger partial charge is 0.550 e. The summed E-state index contributed by atoms with van der Waals surface area (Å²) in [5.41, 5.74) is 1.18. The van der Waals surface area contributed by atoms with Crippen LogP contribution < -0.4 is 5.11 Å². The highest BCUT2D eigenvalue weighted by molar-refractivity contribution is 6.07. The molecule has 0 aromatic heterocycles. The number of quaternary nitrogens is 1. The maximum atomic E-state index is 13.2. The summed E-state index contributed by atoms with van der Waals surface area (Å²) in [6, 6.07) is 6.58. The van der Waals surface area contributed by atoms with E-state index in [0.29, 0.717) is 0 Å². The second kappa shape index (κ2) is 8.90. The number of hydrogen-bond donors (Lipinski definition) is 4. The number of hydroxylamine groups is 3. The van der Waals surface area contributed by atoms with Crippen molar-refractivity contribution in [2.75, 3.05) is 7.05 Å². The normalized spacial score (nSPS) is 32.2. The molecular formula is C21H23NO10. The number of nitrogens with zero attached hydrogens (tertiary/aromatic N) is 1. The summed E-state index contributed by atoms with van der Waals surface area (Å²) in [6.45, 7) is 1.84. The summed E-state index contributed by atoms with van der Waals surface area (Å²) >= 11 is 0. The van der Waals surface area contributed by atoms with E-state index in [-0.39, 0.29) is 17.0 Å². The summed E-state index contributed by atoms with van der Waals surface area (Å²) < 4.78 is 4.24. The molecule has 1 saturated heterocycles. The van der Waals surface area contributed by atoms with Crippen LogP contribution in [-0.4, -0.2) is 80.5 Å². The van der Waals surface area contributed by atoms with Gasteiger partial charge in [-0.1, -0.05) is 29.8 Å². The van der Waals surface area contributed by atoms with E-state index in [0.717, 1.165) is 5.56 Å². The standard InChI is InChI=1S/C21H23NO10/c1-10-3-5-11(6-4-10)15(25)13-8-7-12(9-14(23)24)22(13,2)32-21-18(28)16(26)17(27)19(31-21)20(29)30/h3-8,16-19,21,26-28H,9H2,1-2H3,(H-,23,24,29,30)/t16-,17-,18+,19-,21?,22?/m0/s1. The number of carboxylic acids is 2. The number of aryl methyl sites for hydroxylation is 1. The Bertz CT molecular complexity index is 985. The van der Waals surface area contributed by atoms with Crippen LogP contribution in [-0.2, 0) is 19.2 Å². The van der Waals surface area contributed by atoms with Gasteiger partial charge in [-0.3, -0.25) is 4.79 Å². The minimum Gasteiger partial charge on any atom is -0.550 e. The second-order valence-corrected chi connectivity index (χ2v) is 7.72. The molecule has 11 nitrogen and oxygen atoms in total. The molecule has 4 N–H and O–H groups in total. The number of allylic oxidation sites excluding steroid dienone is 3. The number of Topliss-reactive ketones (excluding diaryl/α,β-unsaturated/α-hetero) is 1. The van der Waals surface area contributed by atoms with Gasteiger partial charge >= 0.3 is 5.97 Å². The molecule has 0 saturated carbocycles. The van der Waals surface area contributed by atoms with Crippen LogP contribution in [0.2, 0.25) is 0 Å². The van der Waals surface area contributed by atoms with Gasteiger partial charge in [0.2, 0.25) is 17.8 Å². The first-order chi connectivity index (χ1) is 15.0. The van der Waals surface area contributed by atoms with E-state index in [4.69, 9.17) is 9.57 Å². The zero-order valence-electron chi connectivity index (χ0n) is 17.2. The molecule has 32 heavy (non-hydrogen) atoms. The monoisotopic (exact) mass is 449 g/mol. The van der Waals surface area contributed by atoms with Gasteiger partial charge in [-0.05, 0) is 6.92 Å². The predicted molar refractivity (Wildman–Crippen MR) is 103 cm³/mol. The van der Waals surface area contributed by atoms with E-state index in [1.54, 1.807) is 24.3 Å². The van der Waals surface area contributed by atoms with Gasteiger partial charge in [-0.15, -0.1) is 4.65 Å². The summed E-state index contributed by atoms with van der Waals surface area (Å²) in [4.78, 5) is 41.5. The number of likely N-dealkylation sites (N-methyl/N-ethyl adjacent to an activating group) is 1. The first-order valence-electron chi connectivity index (χ1n) is 9.66. The number of aliphatic carboxylic acids is 2. The van der Waals surface area contributed by atoms with Gasteiger partial charge < -0.3 is 35.1 Å². The first-order valence-corrected chi connectivity index (χ1v) is 9.66. The number of carboxylic acid groups (broad SMARTS) is 2. The van der Waals surface area contributed by atoms with Crippen LogP contribution in [0.5, 0.6) is 0 Å². The molecule has 11 heteroatoms. The Balaban J connectivity index is 1.95. The number of benzene rings is 1. The average molecular weight is 449 g/mol. The highest BCUT2D eigenvalue weighted by Crippen LogP contribution is 2.37. The fourth-order valence-corrected chi connectivity index (χ4v) is 3.57. The zero-order valence-corrected chi connectivity index (χ0v) is 17.2. The van der Waals surface area contributed by atoms with Crippen LogP contribution in [0.4, 0.5) is 0 Å². The van der Waals surface area contributed by atoms with E-state index in [1.165, 1.54) is 19.2 Å². The Labute approximate surface area is 182 Å². The average Bonchev–Trinajstić information content (AvgIpc) is 3.03. The number of rotatable bonds is 7. The molecule has 2 unspecified atom stereocenters. The topological polar surface area (TPSA) is 174 Å². The van der Waals surface area contributed by atoms with Crippen LogP contribution in [0.15, 0.2) is 47.8 Å². The molecule has 0 bridgehead atoms. The van der Waals surface area contributed by atoms with Crippen LogP contribution in [0, 0.1) is 6.92 Å². The van der Waals surface area contributed by atoms with E-state index in [2.05, 4.69) is 0 Å². The molecule has 0 radical (unpaired) electrons. The second-order valence-electron chi connectivity index (χ2n) is 7.72. The van der Waals surface area contributed by atoms with E-state index >= 15 is 0 Å². The Morgan fingerprint density at radius 3 is 2.25 bits per heavy atom. The summed E-state index contributed by atoms with van der Waals surface area (Å²) in [7, 11) is 1.31. The van der Waals surface area contributed by atoms with Gasteiger partial charge in [0.05, 0.1) is 12.4 Å². The number of carbonyl (C=O) groups is 3. The molecule has 2 aliphatic rings. The van der Waals surface area contributed by atoms with E-state index in [9.17, 15) is 39.9 Å². The van der Waals surface area contributed by atoms with Gasteiger partial charge in [0.25, 0.3) is 0 Å². The lowest BCUT2D eigenvalue weighted by Gasteiger charge is -2.41. The number of carbonyl (C=O) groups excluding carboxylic acids is 2. The lowest BCUT2D eigenvalue weighted by atomic mass is 9.99. The molecule has 1 aromatic carbocycles. The van der Waals surface area contributed by atoms with Gasteiger partial charge in [-0.2, -0.15) is 4.84 Å². The van der Waals surface area contributed by atoms with Crippen molar-refractivity contribution in [2.24, 2.45) is 0 Å². The Hall–Kier alpha value is -2.93. The van der Waals surface area contributed by atoms with Crippen molar-refractivity contribution in [2.45, 2.75) is 44.1 Å². The molecule has 1 fully saturated rings. The first kappa shape index (κ1) is 23.7. The number of ketones is 1. The Kier molecular flexibility index (Phi) is 6.60. The number of aliphatic hydroxyl groups excluding tert-OH is 3. The van der Waals surface area contributed by atoms with Crippen LogP contribution in [0.1, 0.15) is 22.3 Å². The molecule has 2 heterocycles. The van der Waals surface area contributed by atoms with Gasteiger partial charge in [0.15, 0.2) is 11.8 Å². The molecule has 2 aliphatic heterocycles. The molecular weight excluding hydrogens is 426 g/mol. The number of ether oxygens (including phenoxy) is 1. The summed E-state index contributed by atoms with van der Waals surface area (Å²) in [5.74, 6) is -3.60. The Morgan fingerprint density at radius 1 is 1.06 bits per heavy atom. The highest BCUT2D eigenvalue weighted by Gasteiger charge is 2.53. The van der Waals surface area contributed by atoms with Crippen molar-refractivity contribution in [1.29, 1.82) is 0 Å². The van der Waals surface area contributed by atoms with Crippen molar-refractivity contribution in [3.63, 3.8) is 0 Å². The van der Waals surface area contributed by atoms with Crippen molar-refractivity contribution in [3.05, 3.63) is 58.9 Å². The molecule has 0 amide bonds. The van der Waals surface area contributed by atoms with Crippen molar-refractivity contribution >= 4 is 17.7 Å². The third kappa shape index (κ3) is 4.35. The minimum absolute atomic E-state index is 0.0312. The fraction of sp³-hybridized carbons (Fsp3) is 0.381. The van der Waals surface area contributed by atoms with Gasteiger partial charge in [0, 0.05) is 17.7 Å². The van der Waals surface area contributed by atoms with Crippen molar-refractivity contribution < 1.29 is 54.1 Å². The summed E-state index contributed by atoms with van der Waals surface area (Å²) in [5, 5.41) is 50.7. The summed E-state index contributed by atoms with van der Waals surface area (Å²) in [6.07, 6.45) is -7.48. The molecule has 3 rings (SSSR count).